The van der Waals surface area contributed by atoms with E-state index in [1.54, 1.807) is 30.3 Å². The zero-order chi connectivity index (χ0) is 16.7. The van der Waals surface area contributed by atoms with Crippen molar-refractivity contribution in [2.24, 2.45) is 0 Å². The predicted octanol–water partition coefficient (Wildman–Crippen LogP) is 2.92. The van der Waals surface area contributed by atoms with Crippen molar-refractivity contribution in [2.75, 3.05) is 12.3 Å². The van der Waals surface area contributed by atoms with Crippen LogP contribution in [-0.2, 0) is 11.2 Å². The molecule has 5 heteroatoms. The molecule has 1 unspecified atom stereocenters. The Labute approximate surface area is 135 Å². The maximum atomic E-state index is 13.6. The first-order valence-electron chi connectivity index (χ1n) is 7.60. The Morgan fingerprint density at radius 3 is 2.57 bits per heavy atom. The van der Waals surface area contributed by atoms with Crippen molar-refractivity contribution in [1.29, 1.82) is 0 Å². The molecule has 0 saturated carbocycles. The number of amides is 1. The molecule has 122 valence electrons. The number of carbonyl (C=O) groups excluding carboxylic acids is 1. The minimum Gasteiger partial charge on any atom is -0.486 e. The van der Waals surface area contributed by atoms with Crippen molar-refractivity contribution >= 4 is 11.6 Å². The highest BCUT2D eigenvalue weighted by Crippen LogP contribution is 2.17. The van der Waals surface area contributed by atoms with E-state index in [-0.39, 0.29) is 24.2 Å². The molecular weight excluding hydrogens is 295 g/mol. The van der Waals surface area contributed by atoms with Gasteiger partial charge in [0.1, 0.15) is 6.10 Å². The predicted molar refractivity (Wildman–Crippen MR) is 88.7 cm³/mol. The summed E-state index contributed by atoms with van der Waals surface area (Å²) in [6.07, 6.45) is 0.662. The first kappa shape index (κ1) is 16.8. The van der Waals surface area contributed by atoms with Gasteiger partial charge in [0, 0.05) is 5.69 Å². The number of benzene rings is 2. The van der Waals surface area contributed by atoms with Crippen LogP contribution in [0.15, 0.2) is 48.5 Å². The summed E-state index contributed by atoms with van der Waals surface area (Å²) in [5.41, 5.74) is 7.17. The number of halogens is 1. The van der Waals surface area contributed by atoms with Gasteiger partial charge < -0.3 is 15.8 Å². The second-order valence-corrected chi connectivity index (χ2v) is 5.30. The fraction of sp³-hybridized carbons (Fsp3) is 0.278. The number of nitrogen functional groups attached to an aromatic ring is 1. The van der Waals surface area contributed by atoms with E-state index in [1.807, 2.05) is 19.1 Å². The molecule has 0 fully saturated rings. The molecule has 0 heterocycles. The van der Waals surface area contributed by atoms with Crippen molar-refractivity contribution in [1.82, 2.24) is 5.32 Å². The van der Waals surface area contributed by atoms with Crippen molar-refractivity contribution in [3.05, 3.63) is 59.9 Å². The van der Waals surface area contributed by atoms with Crippen LogP contribution >= 0.6 is 0 Å². The Morgan fingerprint density at radius 1 is 1.22 bits per heavy atom. The number of hydrogen-bond donors (Lipinski definition) is 2. The summed E-state index contributed by atoms with van der Waals surface area (Å²) in [5.74, 6) is -0.309. The van der Waals surface area contributed by atoms with E-state index in [2.05, 4.69) is 5.32 Å². The highest BCUT2D eigenvalue weighted by Gasteiger charge is 2.12. The van der Waals surface area contributed by atoms with Gasteiger partial charge in [-0.25, -0.2) is 4.39 Å². The monoisotopic (exact) mass is 316 g/mol. The molecule has 0 radical (unpaired) electrons. The number of nitrogens with one attached hydrogen (secondary N) is 1. The van der Waals surface area contributed by atoms with Gasteiger partial charge in [-0.2, -0.15) is 0 Å². The van der Waals surface area contributed by atoms with Gasteiger partial charge in [0.15, 0.2) is 11.6 Å². The van der Waals surface area contributed by atoms with Gasteiger partial charge in [-0.3, -0.25) is 4.79 Å². The molecule has 2 aromatic carbocycles. The highest BCUT2D eigenvalue weighted by atomic mass is 19.1. The van der Waals surface area contributed by atoms with Gasteiger partial charge >= 0.3 is 0 Å². The lowest BCUT2D eigenvalue weighted by molar-refractivity contribution is -0.120. The molecule has 4 nitrogen and oxygen atoms in total. The topological polar surface area (TPSA) is 64.4 Å². The van der Waals surface area contributed by atoms with Gasteiger partial charge in [-0.15, -0.1) is 0 Å². The van der Waals surface area contributed by atoms with Crippen LogP contribution in [0.4, 0.5) is 10.1 Å². The maximum absolute atomic E-state index is 13.6. The zero-order valence-corrected chi connectivity index (χ0v) is 13.1. The van der Waals surface area contributed by atoms with Crippen molar-refractivity contribution in [3.8, 4) is 5.75 Å². The SMILES string of the molecule is CCC(CNC(=O)Cc1ccc(N)cc1)Oc1ccccc1F. The maximum Gasteiger partial charge on any atom is 0.224 e. The molecule has 0 aliphatic carbocycles. The number of hydrogen-bond acceptors (Lipinski definition) is 3. The van der Waals surface area contributed by atoms with Crippen LogP contribution in [0.1, 0.15) is 18.9 Å². The number of rotatable bonds is 7. The third-order valence-corrected chi connectivity index (χ3v) is 3.46. The summed E-state index contributed by atoms with van der Waals surface area (Å²) in [5, 5.41) is 2.82. The van der Waals surface area contributed by atoms with Gasteiger partial charge in [0.05, 0.1) is 13.0 Å². The Hall–Kier alpha value is -2.56. The Kier molecular flexibility index (Phi) is 5.97. The van der Waals surface area contributed by atoms with Crippen LogP contribution in [0.2, 0.25) is 0 Å². The van der Waals surface area contributed by atoms with Gasteiger partial charge in [0.2, 0.25) is 5.91 Å². The third-order valence-electron chi connectivity index (χ3n) is 3.46. The standard InChI is InChI=1S/C18H21FN2O2/c1-2-15(23-17-6-4-3-5-16(17)19)12-21-18(22)11-13-7-9-14(20)10-8-13/h3-10,15H,2,11-12,20H2,1H3,(H,21,22). The van der Waals surface area contributed by atoms with Crippen molar-refractivity contribution in [3.63, 3.8) is 0 Å². The Morgan fingerprint density at radius 2 is 1.91 bits per heavy atom. The smallest absolute Gasteiger partial charge is 0.224 e. The van der Waals surface area contributed by atoms with E-state index in [1.165, 1.54) is 6.07 Å². The van der Waals surface area contributed by atoms with Crippen molar-refractivity contribution in [2.45, 2.75) is 25.9 Å². The first-order valence-corrected chi connectivity index (χ1v) is 7.60. The lowest BCUT2D eigenvalue weighted by Crippen LogP contribution is -2.35. The summed E-state index contributed by atoms with van der Waals surface area (Å²) in [6.45, 7) is 2.26. The number of para-hydroxylation sites is 1. The molecule has 2 aromatic rings. The summed E-state index contributed by atoms with van der Waals surface area (Å²) in [7, 11) is 0. The van der Waals surface area contributed by atoms with Gasteiger partial charge in [0.25, 0.3) is 0 Å². The normalized spacial score (nSPS) is 11.7. The quantitative estimate of drug-likeness (QED) is 0.772. The fourth-order valence-corrected chi connectivity index (χ4v) is 2.10. The average Bonchev–Trinajstić information content (AvgIpc) is 2.55. The van der Waals surface area contributed by atoms with Crippen LogP contribution in [-0.4, -0.2) is 18.6 Å². The van der Waals surface area contributed by atoms with E-state index in [9.17, 15) is 9.18 Å². The molecule has 0 aromatic heterocycles. The zero-order valence-electron chi connectivity index (χ0n) is 13.1. The molecule has 3 N–H and O–H groups in total. The van der Waals surface area contributed by atoms with E-state index >= 15 is 0 Å². The van der Waals surface area contributed by atoms with E-state index in [0.29, 0.717) is 18.7 Å². The Bertz CT molecular complexity index is 644. The average molecular weight is 316 g/mol. The van der Waals surface area contributed by atoms with Crippen LogP contribution in [0.3, 0.4) is 0 Å². The highest BCUT2D eigenvalue weighted by molar-refractivity contribution is 5.78. The summed E-state index contributed by atoms with van der Waals surface area (Å²) >= 11 is 0. The molecule has 0 aliphatic rings. The van der Waals surface area contributed by atoms with E-state index in [4.69, 9.17) is 10.5 Å². The molecule has 0 aliphatic heterocycles. The van der Waals surface area contributed by atoms with Gasteiger partial charge in [-0.1, -0.05) is 31.2 Å². The van der Waals surface area contributed by atoms with Crippen LogP contribution in [0.25, 0.3) is 0 Å². The van der Waals surface area contributed by atoms with Crippen LogP contribution in [0.5, 0.6) is 5.75 Å². The molecule has 0 spiro atoms. The molecule has 23 heavy (non-hydrogen) atoms. The fourth-order valence-electron chi connectivity index (χ4n) is 2.10. The Balaban J connectivity index is 1.84. The number of anilines is 1. The first-order chi connectivity index (χ1) is 11.1. The molecule has 1 amide bonds. The van der Waals surface area contributed by atoms with E-state index < -0.39 is 5.82 Å². The lowest BCUT2D eigenvalue weighted by atomic mass is 10.1. The summed E-state index contributed by atoms with van der Waals surface area (Å²) in [4.78, 5) is 12.0. The minimum absolute atomic E-state index is 0.106. The molecule has 2 rings (SSSR count). The van der Waals surface area contributed by atoms with E-state index in [0.717, 1.165) is 5.56 Å². The van der Waals surface area contributed by atoms with Crippen LogP contribution in [0, 0.1) is 5.82 Å². The second kappa shape index (κ2) is 8.17. The van der Waals surface area contributed by atoms with Crippen molar-refractivity contribution < 1.29 is 13.9 Å². The number of ether oxygens (including phenoxy) is 1. The molecule has 1 atom stereocenters. The number of nitrogens with two attached hydrogens (primary N) is 1. The summed E-state index contributed by atoms with van der Waals surface area (Å²) < 4.78 is 19.2. The lowest BCUT2D eigenvalue weighted by Gasteiger charge is -2.18. The third kappa shape index (κ3) is 5.29. The molecule has 0 bridgehead atoms. The molecular formula is C18H21FN2O2. The number of carbonyl (C=O) groups is 1. The van der Waals surface area contributed by atoms with Crippen LogP contribution < -0.4 is 15.8 Å². The second-order valence-electron chi connectivity index (χ2n) is 5.30. The molecule has 0 saturated heterocycles. The minimum atomic E-state index is -0.404. The summed E-state index contributed by atoms with van der Waals surface area (Å²) in [6, 6.07) is 13.4. The van der Waals surface area contributed by atoms with Gasteiger partial charge in [-0.05, 0) is 36.2 Å². The largest absolute Gasteiger partial charge is 0.486 e.